The number of nitrogens with zero attached hydrogens (tertiary/aromatic N) is 7. The molecule has 2 unspecified atom stereocenters. The summed E-state index contributed by atoms with van der Waals surface area (Å²) in [6.45, 7) is 4.44. The summed E-state index contributed by atoms with van der Waals surface area (Å²) < 4.78 is 49.0. The second kappa shape index (κ2) is 11.3. The quantitative estimate of drug-likeness (QED) is 0.480. The molecule has 230 valence electrons. The van der Waals surface area contributed by atoms with Crippen molar-refractivity contribution in [1.82, 2.24) is 29.9 Å². The van der Waals surface area contributed by atoms with E-state index >= 15 is 0 Å². The number of nitrogens with two attached hydrogens (primary N) is 1. The third-order valence-corrected chi connectivity index (χ3v) is 9.69. The van der Waals surface area contributed by atoms with Crippen molar-refractivity contribution >= 4 is 12.2 Å². The van der Waals surface area contributed by atoms with Gasteiger partial charge in [0.15, 0.2) is 0 Å². The van der Waals surface area contributed by atoms with Crippen LogP contribution in [0.4, 0.5) is 13.2 Å². The predicted molar refractivity (Wildman–Crippen MR) is 156 cm³/mol. The third-order valence-electron chi connectivity index (χ3n) is 9.69. The second-order valence-electron chi connectivity index (χ2n) is 12.5. The number of alkyl halides is 3. The minimum Gasteiger partial charge on any atom is -0.474 e. The fourth-order valence-electron chi connectivity index (χ4n) is 7.21. The lowest BCUT2D eigenvalue weighted by atomic mass is 9.71. The molecule has 2 atom stereocenters. The van der Waals surface area contributed by atoms with Crippen LogP contribution in [0.25, 0.3) is 0 Å². The van der Waals surface area contributed by atoms with Crippen LogP contribution in [-0.4, -0.2) is 81.6 Å². The van der Waals surface area contributed by atoms with Crippen molar-refractivity contribution in [2.45, 2.75) is 75.0 Å². The Morgan fingerprint density at radius 2 is 1.88 bits per heavy atom. The Bertz CT molecular complexity index is 1400. The van der Waals surface area contributed by atoms with Gasteiger partial charge in [-0.1, -0.05) is 6.08 Å². The minimum atomic E-state index is -4.51. The summed E-state index contributed by atoms with van der Waals surface area (Å²) in [6.07, 6.45) is 10.3. The first-order valence-electron chi connectivity index (χ1n) is 15.3. The van der Waals surface area contributed by atoms with Crippen LogP contribution in [0.1, 0.15) is 61.4 Å². The normalized spacial score (nSPS) is 29.8. The molecule has 5 aliphatic rings. The van der Waals surface area contributed by atoms with Gasteiger partial charge in [0.1, 0.15) is 24.0 Å². The smallest absolute Gasteiger partial charge is 0.433 e. The van der Waals surface area contributed by atoms with Crippen molar-refractivity contribution in [3.8, 4) is 5.88 Å². The number of fused-ring (bicyclic) bond motifs is 1. The van der Waals surface area contributed by atoms with Crippen LogP contribution in [-0.2, 0) is 18.3 Å². The van der Waals surface area contributed by atoms with Crippen LogP contribution in [0.15, 0.2) is 46.8 Å². The maximum absolute atomic E-state index is 13.6. The molecule has 0 radical (unpaired) electrons. The number of hydrogen-bond acceptors (Lipinski definition) is 9. The maximum Gasteiger partial charge on any atom is 0.433 e. The molecule has 3 N–H and O–H groups in total. The molecule has 13 heteroatoms. The van der Waals surface area contributed by atoms with Gasteiger partial charge in [0.2, 0.25) is 5.88 Å². The zero-order chi connectivity index (χ0) is 29.6. The SMILES string of the molecule is NCC1(n2cc(C3N=CN=C4NC=CC43)cn2)CC(N2CCC(Oc3cc(CN4CCCC4)cc(C(F)(F)F)n3)CC2)C1. The molecule has 2 saturated heterocycles. The molecular weight excluding hydrogens is 559 g/mol. The molecule has 2 aromatic rings. The number of piperidine rings is 1. The Kier molecular flexibility index (Phi) is 7.50. The molecule has 6 heterocycles. The number of amidine groups is 1. The van der Waals surface area contributed by atoms with Crippen molar-refractivity contribution in [3.05, 3.63) is 53.6 Å². The van der Waals surface area contributed by atoms with Crippen LogP contribution >= 0.6 is 0 Å². The molecule has 2 aromatic heterocycles. The lowest BCUT2D eigenvalue weighted by molar-refractivity contribution is -0.141. The zero-order valence-corrected chi connectivity index (χ0v) is 24.1. The molecule has 0 spiro atoms. The van der Waals surface area contributed by atoms with Crippen molar-refractivity contribution in [1.29, 1.82) is 0 Å². The minimum absolute atomic E-state index is 0.0557. The Morgan fingerprint density at radius 3 is 2.63 bits per heavy atom. The first-order chi connectivity index (χ1) is 20.8. The Hall–Kier alpha value is -3.29. The van der Waals surface area contributed by atoms with Crippen LogP contribution in [0.3, 0.4) is 0 Å². The first-order valence-corrected chi connectivity index (χ1v) is 15.3. The molecule has 10 nitrogen and oxygen atoms in total. The topological polar surface area (TPSA) is 109 Å². The van der Waals surface area contributed by atoms with Gasteiger partial charge in [-0.2, -0.15) is 18.3 Å². The summed E-state index contributed by atoms with van der Waals surface area (Å²) >= 11 is 0. The molecular formula is C30H38F3N9O. The van der Waals surface area contributed by atoms with E-state index in [0.29, 0.717) is 24.7 Å². The third kappa shape index (κ3) is 5.69. The summed E-state index contributed by atoms with van der Waals surface area (Å²) in [6, 6.07) is 3.17. The lowest BCUT2D eigenvalue weighted by Crippen LogP contribution is -2.61. The molecule has 0 aromatic carbocycles. The first kappa shape index (κ1) is 28.5. The van der Waals surface area contributed by atoms with E-state index < -0.39 is 11.9 Å². The summed E-state index contributed by atoms with van der Waals surface area (Å²) in [5.74, 6) is 1.08. The van der Waals surface area contributed by atoms with Gasteiger partial charge in [0.05, 0.1) is 23.7 Å². The summed E-state index contributed by atoms with van der Waals surface area (Å²) in [5.41, 5.74) is 6.85. The highest BCUT2D eigenvalue weighted by atomic mass is 19.4. The summed E-state index contributed by atoms with van der Waals surface area (Å²) in [5, 5.41) is 7.90. The van der Waals surface area contributed by atoms with E-state index in [0.717, 1.165) is 82.2 Å². The Balaban J connectivity index is 0.951. The van der Waals surface area contributed by atoms with Gasteiger partial charge in [0.25, 0.3) is 0 Å². The summed E-state index contributed by atoms with van der Waals surface area (Å²) in [7, 11) is 0. The van der Waals surface area contributed by atoms with Crippen LogP contribution in [0.5, 0.6) is 5.88 Å². The van der Waals surface area contributed by atoms with Gasteiger partial charge in [0, 0.05) is 50.0 Å². The number of hydrogen-bond donors (Lipinski definition) is 2. The highest BCUT2D eigenvalue weighted by Crippen LogP contribution is 2.43. The van der Waals surface area contributed by atoms with E-state index in [1.54, 1.807) is 12.4 Å². The Labute approximate surface area is 248 Å². The molecule has 1 aliphatic carbocycles. The van der Waals surface area contributed by atoms with Crippen molar-refractivity contribution < 1.29 is 17.9 Å². The number of pyridine rings is 1. The van der Waals surface area contributed by atoms with E-state index in [-0.39, 0.29) is 29.5 Å². The van der Waals surface area contributed by atoms with E-state index in [4.69, 9.17) is 15.6 Å². The Morgan fingerprint density at radius 1 is 1.09 bits per heavy atom. The largest absolute Gasteiger partial charge is 0.474 e. The van der Waals surface area contributed by atoms with Crippen molar-refractivity contribution in [2.75, 3.05) is 32.7 Å². The van der Waals surface area contributed by atoms with Crippen molar-refractivity contribution in [2.24, 2.45) is 21.6 Å². The second-order valence-corrected chi connectivity index (χ2v) is 12.5. The standard InChI is InChI=1S/C30H38F3N9O/c31-30(32,33)25-11-20(16-40-7-1-2-8-40)12-26(39-25)43-23-4-9-41(10-5-23)22-13-29(14-22,18-34)42-17-21(15-38-42)27-24-3-6-35-28(24)37-19-36-27/h3,6,11-12,15,17,19,22-24,27H,1-2,4-5,7-10,13-14,16,18,34H2,(H,35,36,37). The van der Waals surface area contributed by atoms with Crippen LogP contribution in [0.2, 0.25) is 0 Å². The number of aromatic nitrogens is 3. The average Bonchev–Trinajstić information content (AvgIpc) is 3.76. The lowest BCUT2D eigenvalue weighted by Gasteiger charge is -2.52. The molecule has 0 bridgehead atoms. The predicted octanol–water partition coefficient (Wildman–Crippen LogP) is 3.47. The molecule has 3 fully saturated rings. The highest BCUT2D eigenvalue weighted by molar-refractivity contribution is 5.96. The maximum atomic E-state index is 13.6. The van der Waals surface area contributed by atoms with E-state index in [1.165, 1.54) is 0 Å². The van der Waals surface area contributed by atoms with Gasteiger partial charge in [-0.15, -0.1) is 0 Å². The number of ether oxygens (including phenoxy) is 1. The number of nitrogens with one attached hydrogen (secondary N) is 1. The van der Waals surface area contributed by atoms with E-state index in [2.05, 4.69) is 42.4 Å². The fraction of sp³-hybridized carbons (Fsp3) is 0.600. The highest BCUT2D eigenvalue weighted by Gasteiger charge is 2.48. The molecule has 4 aliphatic heterocycles. The average molecular weight is 598 g/mol. The number of aliphatic imine (C=N–C) groups is 2. The number of rotatable bonds is 8. The number of likely N-dealkylation sites (tertiary alicyclic amines) is 2. The van der Waals surface area contributed by atoms with E-state index in [1.807, 2.05) is 17.1 Å². The van der Waals surface area contributed by atoms with Gasteiger partial charge < -0.3 is 15.8 Å². The molecule has 1 saturated carbocycles. The van der Waals surface area contributed by atoms with Gasteiger partial charge in [-0.05, 0) is 69.4 Å². The monoisotopic (exact) mass is 597 g/mol. The van der Waals surface area contributed by atoms with Crippen LogP contribution in [0, 0.1) is 5.92 Å². The molecule has 7 rings (SSSR count). The van der Waals surface area contributed by atoms with Crippen LogP contribution < -0.4 is 15.8 Å². The zero-order valence-electron chi connectivity index (χ0n) is 24.1. The summed E-state index contributed by atoms with van der Waals surface area (Å²) in [4.78, 5) is 17.4. The fourth-order valence-corrected chi connectivity index (χ4v) is 7.21. The van der Waals surface area contributed by atoms with Gasteiger partial charge in [-0.3, -0.25) is 19.5 Å². The van der Waals surface area contributed by atoms with Gasteiger partial charge in [-0.25, -0.2) is 9.98 Å². The molecule has 0 amide bonds. The van der Waals surface area contributed by atoms with Crippen molar-refractivity contribution in [3.63, 3.8) is 0 Å². The van der Waals surface area contributed by atoms with Gasteiger partial charge >= 0.3 is 6.18 Å². The number of halogens is 3. The molecule has 43 heavy (non-hydrogen) atoms. The van der Waals surface area contributed by atoms with E-state index in [9.17, 15) is 13.2 Å².